The Labute approximate surface area is 121 Å². The van der Waals surface area contributed by atoms with E-state index in [0.717, 1.165) is 12.2 Å². The Morgan fingerprint density at radius 1 is 1.05 bits per heavy atom. The van der Waals surface area contributed by atoms with Crippen LogP contribution in [0.3, 0.4) is 0 Å². The molecule has 20 heavy (non-hydrogen) atoms. The molecule has 0 spiro atoms. The first-order valence-corrected chi connectivity index (χ1v) is 6.81. The molecular formula is C19H20O. The third kappa shape index (κ3) is 3.86. The molecule has 0 aliphatic heterocycles. The Balaban J connectivity index is 2.17. The maximum absolute atomic E-state index is 5.20. The average Bonchev–Trinajstić information content (AvgIpc) is 2.52. The Morgan fingerprint density at radius 2 is 1.75 bits per heavy atom. The van der Waals surface area contributed by atoms with E-state index < -0.39 is 0 Å². The van der Waals surface area contributed by atoms with E-state index >= 15 is 0 Å². The fourth-order valence-corrected chi connectivity index (χ4v) is 2.15. The zero-order valence-electron chi connectivity index (χ0n) is 11.8. The van der Waals surface area contributed by atoms with Crippen LogP contribution in [0.5, 0.6) is 5.75 Å². The van der Waals surface area contributed by atoms with E-state index in [1.165, 1.54) is 11.1 Å². The van der Waals surface area contributed by atoms with Crippen molar-refractivity contribution in [3.8, 4) is 5.75 Å². The molecule has 2 aromatic rings. The quantitative estimate of drug-likeness (QED) is 0.662. The van der Waals surface area contributed by atoms with Crippen molar-refractivity contribution in [2.24, 2.45) is 0 Å². The summed E-state index contributed by atoms with van der Waals surface area (Å²) in [6, 6.07) is 18.6. The van der Waals surface area contributed by atoms with E-state index in [4.69, 9.17) is 4.74 Å². The molecule has 0 aromatic heterocycles. The summed E-state index contributed by atoms with van der Waals surface area (Å²) in [5.41, 5.74) is 2.49. The van der Waals surface area contributed by atoms with Crippen LogP contribution in [0, 0.1) is 0 Å². The summed E-state index contributed by atoms with van der Waals surface area (Å²) in [7, 11) is 1.69. The first-order chi connectivity index (χ1) is 9.83. The highest BCUT2D eigenvalue weighted by molar-refractivity contribution is 5.50. The van der Waals surface area contributed by atoms with E-state index in [1.54, 1.807) is 7.11 Å². The highest BCUT2D eigenvalue weighted by Gasteiger charge is 2.06. The summed E-state index contributed by atoms with van der Waals surface area (Å²) in [6.07, 6.45) is 7.29. The largest absolute Gasteiger partial charge is 0.497 e. The summed E-state index contributed by atoms with van der Waals surface area (Å²) in [5, 5.41) is 0. The van der Waals surface area contributed by atoms with Crippen molar-refractivity contribution >= 4 is 6.08 Å². The van der Waals surface area contributed by atoms with Crippen molar-refractivity contribution in [2.45, 2.75) is 12.3 Å². The van der Waals surface area contributed by atoms with Crippen LogP contribution in [0.2, 0.25) is 0 Å². The molecule has 0 radical (unpaired) electrons. The summed E-state index contributed by atoms with van der Waals surface area (Å²) in [5.74, 6) is 1.23. The molecule has 2 aromatic carbocycles. The molecule has 2 rings (SSSR count). The standard InChI is InChI=1S/C19H20O/c1-3-7-17(11-10-16-8-5-4-6-9-16)18-12-14-19(20-2)15-13-18/h3-6,8-15,17H,1,7H2,2H3/b11-10+. The molecule has 0 fully saturated rings. The molecule has 102 valence electrons. The van der Waals surface area contributed by atoms with Gasteiger partial charge in [-0.1, -0.05) is 60.7 Å². The molecule has 0 saturated carbocycles. The molecule has 1 heteroatoms. The minimum absolute atomic E-state index is 0.346. The first-order valence-electron chi connectivity index (χ1n) is 6.81. The third-order valence-corrected chi connectivity index (χ3v) is 3.29. The SMILES string of the molecule is C=CCC(/C=C/c1ccccc1)c1ccc(OC)cc1. The van der Waals surface area contributed by atoms with Gasteiger partial charge in [-0.3, -0.25) is 0 Å². The van der Waals surface area contributed by atoms with Crippen molar-refractivity contribution < 1.29 is 4.74 Å². The summed E-state index contributed by atoms with van der Waals surface area (Å²) < 4.78 is 5.20. The van der Waals surface area contributed by atoms with Gasteiger partial charge in [-0.15, -0.1) is 6.58 Å². The topological polar surface area (TPSA) is 9.23 Å². The van der Waals surface area contributed by atoms with Gasteiger partial charge in [0.05, 0.1) is 7.11 Å². The lowest BCUT2D eigenvalue weighted by Gasteiger charge is -2.11. The second kappa shape index (κ2) is 7.34. The molecule has 0 amide bonds. The molecule has 0 aliphatic carbocycles. The Morgan fingerprint density at radius 3 is 2.35 bits per heavy atom. The fourth-order valence-electron chi connectivity index (χ4n) is 2.15. The van der Waals surface area contributed by atoms with E-state index in [-0.39, 0.29) is 0 Å². The lowest BCUT2D eigenvalue weighted by atomic mass is 9.94. The lowest BCUT2D eigenvalue weighted by molar-refractivity contribution is 0.414. The number of hydrogen-bond donors (Lipinski definition) is 0. The van der Waals surface area contributed by atoms with Crippen molar-refractivity contribution in [3.63, 3.8) is 0 Å². The van der Waals surface area contributed by atoms with Gasteiger partial charge in [0.25, 0.3) is 0 Å². The molecule has 1 unspecified atom stereocenters. The first kappa shape index (κ1) is 14.1. The van der Waals surface area contributed by atoms with Gasteiger partial charge in [0, 0.05) is 5.92 Å². The highest BCUT2D eigenvalue weighted by Crippen LogP contribution is 2.24. The number of allylic oxidation sites excluding steroid dienone is 2. The Bertz CT molecular complexity index is 552. The minimum Gasteiger partial charge on any atom is -0.497 e. The maximum atomic E-state index is 5.20. The summed E-state index contributed by atoms with van der Waals surface area (Å²) in [6.45, 7) is 3.86. The normalized spacial score (nSPS) is 12.2. The predicted molar refractivity (Wildman–Crippen MR) is 86.0 cm³/mol. The van der Waals surface area contributed by atoms with Crippen LogP contribution in [-0.4, -0.2) is 7.11 Å². The maximum Gasteiger partial charge on any atom is 0.118 e. The summed E-state index contributed by atoms with van der Waals surface area (Å²) >= 11 is 0. The summed E-state index contributed by atoms with van der Waals surface area (Å²) in [4.78, 5) is 0. The highest BCUT2D eigenvalue weighted by atomic mass is 16.5. The van der Waals surface area contributed by atoms with Crippen molar-refractivity contribution in [1.82, 2.24) is 0 Å². The van der Waals surface area contributed by atoms with Crippen LogP contribution >= 0.6 is 0 Å². The zero-order chi connectivity index (χ0) is 14.2. The van der Waals surface area contributed by atoms with Gasteiger partial charge in [0.2, 0.25) is 0 Å². The number of rotatable bonds is 6. The van der Waals surface area contributed by atoms with Crippen molar-refractivity contribution in [3.05, 3.63) is 84.5 Å². The van der Waals surface area contributed by atoms with Crippen LogP contribution in [0.15, 0.2) is 73.3 Å². The molecular weight excluding hydrogens is 244 g/mol. The average molecular weight is 264 g/mol. The molecule has 1 nitrogen and oxygen atoms in total. The molecule has 1 atom stereocenters. The second-order valence-corrected chi connectivity index (χ2v) is 4.67. The van der Waals surface area contributed by atoms with Gasteiger partial charge in [-0.2, -0.15) is 0 Å². The number of hydrogen-bond acceptors (Lipinski definition) is 1. The molecule has 0 aliphatic rings. The number of ether oxygens (including phenoxy) is 1. The molecule has 0 heterocycles. The van der Waals surface area contributed by atoms with Gasteiger partial charge in [0.1, 0.15) is 5.75 Å². The van der Waals surface area contributed by atoms with Crippen LogP contribution in [-0.2, 0) is 0 Å². The molecule has 0 bridgehead atoms. The van der Waals surface area contributed by atoms with Crippen LogP contribution in [0.25, 0.3) is 6.08 Å². The van der Waals surface area contributed by atoms with Crippen LogP contribution < -0.4 is 4.74 Å². The van der Waals surface area contributed by atoms with Crippen molar-refractivity contribution in [2.75, 3.05) is 7.11 Å². The lowest BCUT2D eigenvalue weighted by Crippen LogP contribution is -1.94. The van der Waals surface area contributed by atoms with Gasteiger partial charge in [-0.25, -0.2) is 0 Å². The van der Waals surface area contributed by atoms with E-state index in [1.807, 2.05) is 24.3 Å². The zero-order valence-corrected chi connectivity index (χ0v) is 11.8. The third-order valence-electron chi connectivity index (χ3n) is 3.29. The molecule has 0 N–H and O–H groups in total. The van der Waals surface area contributed by atoms with Gasteiger partial charge < -0.3 is 4.74 Å². The van der Waals surface area contributed by atoms with Crippen molar-refractivity contribution in [1.29, 1.82) is 0 Å². The number of benzene rings is 2. The minimum atomic E-state index is 0.346. The smallest absolute Gasteiger partial charge is 0.118 e. The monoisotopic (exact) mass is 264 g/mol. The van der Waals surface area contributed by atoms with E-state index in [9.17, 15) is 0 Å². The Kier molecular flexibility index (Phi) is 5.19. The van der Waals surface area contributed by atoms with E-state index in [0.29, 0.717) is 5.92 Å². The van der Waals surface area contributed by atoms with Crippen LogP contribution in [0.1, 0.15) is 23.5 Å². The Hall–Kier alpha value is -2.28. The molecule has 0 saturated heterocycles. The van der Waals surface area contributed by atoms with Gasteiger partial charge in [-0.05, 0) is 29.7 Å². The van der Waals surface area contributed by atoms with E-state index in [2.05, 4.69) is 55.1 Å². The van der Waals surface area contributed by atoms with Gasteiger partial charge >= 0.3 is 0 Å². The number of methoxy groups -OCH3 is 1. The second-order valence-electron chi connectivity index (χ2n) is 4.67. The fraction of sp³-hybridized carbons (Fsp3) is 0.158. The predicted octanol–water partition coefficient (Wildman–Crippen LogP) is 5.07. The van der Waals surface area contributed by atoms with Crippen LogP contribution in [0.4, 0.5) is 0 Å². The van der Waals surface area contributed by atoms with Gasteiger partial charge in [0.15, 0.2) is 0 Å².